The van der Waals surface area contributed by atoms with Crippen molar-refractivity contribution < 1.29 is 9.53 Å². The molecule has 0 radical (unpaired) electrons. The number of ether oxygens (including phenoxy) is 1. The van der Waals surface area contributed by atoms with Gasteiger partial charge in [0.2, 0.25) is 0 Å². The molecular formula is C12H17N3O2. The summed E-state index contributed by atoms with van der Waals surface area (Å²) in [6.45, 7) is 3.02. The summed E-state index contributed by atoms with van der Waals surface area (Å²) in [5, 5.41) is 3.19. The molecule has 1 fully saturated rings. The van der Waals surface area contributed by atoms with Gasteiger partial charge in [-0.25, -0.2) is 9.78 Å². The van der Waals surface area contributed by atoms with Crippen LogP contribution in [0.5, 0.6) is 0 Å². The van der Waals surface area contributed by atoms with Gasteiger partial charge in [0.15, 0.2) is 0 Å². The monoisotopic (exact) mass is 235 g/mol. The standard InChI is InChI=1S/C12H17N3O2/c1-12(3-4-12)7-15-10-9(11(16)17-2)5-8(13)6-14-10/h5-6H,3-4,7,13H2,1-2H3,(H,14,15). The number of hydrogen-bond donors (Lipinski definition) is 2. The van der Waals surface area contributed by atoms with Crippen LogP contribution in [0.1, 0.15) is 30.1 Å². The molecule has 1 aliphatic carbocycles. The lowest BCUT2D eigenvalue weighted by atomic mass is 10.1. The van der Waals surface area contributed by atoms with Crippen molar-refractivity contribution in [1.82, 2.24) is 4.98 Å². The number of nitrogens with two attached hydrogens (primary N) is 1. The number of nitrogens with zero attached hydrogens (tertiary/aromatic N) is 1. The molecule has 0 aliphatic heterocycles. The first kappa shape index (κ1) is 11.7. The molecule has 5 nitrogen and oxygen atoms in total. The van der Waals surface area contributed by atoms with Crippen LogP contribution >= 0.6 is 0 Å². The summed E-state index contributed by atoms with van der Waals surface area (Å²) in [6, 6.07) is 1.58. The summed E-state index contributed by atoms with van der Waals surface area (Å²) in [7, 11) is 1.34. The van der Waals surface area contributed by atoms with Gasteiger partial charge >= 0.3 is 5.97 Å². The molecule has 0 unspecified atom stereocenters. The van der Waals surface area contributed by atoms with Crippen LogP contribution in [0.2, 0.25) is 0 Å². The van der Waals surface area contributed by atoms with Gasteiger partial charge in [0.05, 0.1) is 19.0 Å². The molecule has 1 heterocycles. The van der Waals surface area contributed by atoms with Crippen LogP contribution in [0.15, 0.2) is 12.3 Å². The van der Waals surface area contributed by atoms with Crippen LogP contribution in [0, 0.1) is 5.41 Å². The highest BCUT2D eigenvalue weighted by molar-refractivity contribution is 5.95. The Hall–Kier alpha value is -1.78. The van der Waals surface area contributed by atoms with E-state index in [2.05, 4.69) is 17.2 Å². The van der Waals surface area contributed by atoms with E-state index in [0.717, 1.165) is 6.54 Å². The highest BCUT2D eigenvalue weighted by atomic mass is 16.5. The van der Waals surface area contributed by atoms with Crippen LogP contribution < -0.4 is 11.1 Å². The molecule has 0 aromatic carbocycles. The molecule has 2 rings (SSSR count). The number of methoxy groups -OCH3 is 1. The maximum Gasteiger partial charge on any atom is 0.341 e. The summed E-state index contributed by atoms with van der Waals surface area (Å²) < 4.78 is 4.71. The number of pyridine rings is 1. The average Bonchev–Trinajstić information content (AvgIpc) is 3.05. The van der Waals surface area contributed by atoms with Gasteiger partial charge in [0, 0.05) is 6.54 Å². The minimum atomic E-state index is -0.423. The van der Waals surface area contributed by atoms with Gasteiger partial charge in [0.25, 0.3) is 0 Å². The first-order valence-corrected chi connectivity index (χ1v) is 5.62. The molecule has 5 heteroatoms. The first-order chi connectivity index (χ1) is 8.04. The van der Waals surface area contributed by atoms with Gasteiger partial charge in [0.1, 0.15) is 11.4 Å². The zero-order valence-corrected chi connectivity index (χ0v) is 10.1. The fourth-order valence-electron chi connectivity index (χ4n) is 1.57. The van der Waals surface area contributed by atoms with Gasteiger partial charge in [-0.15, -0.1) is 0 Å². The summed E-state index contributed by atoms with van der Waals surface area (Å²) in [5.41, 5.74) is 6.80. The Morgan fingerprint density at radius 3 is 2.94 bits per heavy atom. The maximum absolute atomic E-state index is 11.6. The molecule has 1 aliphatic rings. The number of nitrogen functional groups attached to an aromatic ring is 1. The van der Waals surface area contributed by atoms with Gasteiger partial charge in [-0.05, 0) is 24.3 Å². The Kier molecular flexibility index (Phi) is 2.92. The van der Waals surface area contributed by atoms with Crippen molar-refractivity contribution in [2.45, 2.75) is 19.8 Å². The van der Waals surface area contributed by atoms with Crippen molar-refractivity contribution in [2.75, 3.05) is 24.7 Å². The lowest BCUT2D eigenvalue weighted by Gasteiger charge is -2.13. The fourth-order valence-corrected chi connectivity index (χ4v) is 1.57. The summed E-state index contributed by atoms with van der Waals surface area (Å²) in [6.07, 6.45) is 3.95. The van der Waals surface area contributed by atoms with E-state index < -0.39 is 5.97 Å². The molecule has 1 aromatic heterocycles. The smallest absolute Gasteiger partial charge is 0.341 e. The zero-order valence-electron chi connectivity index (χ0n) is 10.1. The third-order valence-electron chi connectivity index (χ3n) is 3.10. The highest BCUT2D eigenvalue weighted by Crippen LogP contribution is 2.44. The van der Waals surface area contributed by atoms with Crippen molar-refractivity contribution in [3.8, 4) is 0 Å². The molecule has 0 bridgehead atoms. The van der Waals surface area contributed by atoms with Crippen molar-refractivity contribution >= 4 is 17.5 Å². The fraction of sp³-hybridized carbons (Fsp3) is 0.500. The predicted molar refractivity (Wildman–Crippen MR) is 65.8 cm³/mol. The lowest BCUT2D eigenvalue weighted by molar-refractivity contribution is 0.0601. The van der Waals surface area contributed by atoms with Crippen molar-refractivity contribution in [3.63, 3.8) is 0 Å². The Bertz CT molecular complexity index is 441. The molecule has 17 heavy (non-hydrogen) atoms. The maximum atomic E-state index is 11.6. The van der Waals surface area contributed by atoms with E-state index in [4.69, 9.17) is 10.5 Å². The molecular weight excluding hydrogens is 218 g/mol. The van der Waals surface area contributed by atoms with Gasteiger partial charge in [-0.3, -0.25) is 0 Å². The number of aromatic nitrogens is 1. The largest absolute Gasteiger partial charge is 0.465 e. The van der Waals surface area contributed by atoms with Crippen LogP contribution in [-0.4, -0.2) is 24.6 Å². The van der Waals surface area contributed by atoms with Crippen molar-refractivity contribution in [3.05, 3.63) is 17.8 Å². The minimum Gasteiger partial charge on any atom is -0.465 e. The van der Waals surface area contributed by atoms with Crippen LogP contribution in [-0.2, 0) is 4.74 Å². The third-order valence-corrected chi connectivity index (χ3v) is 3.10. The van der Waals surface area contributed by atoms with E-state index in [0.29, 0.717) is 22.5 Å². The van der Waals surface area contributed by atoms with Crippen molar-refractivity contribution in [1.29, 1.82) is 0 Å². The van der Waals surface area contributed by atoms with Gasteiger partial charge in [-0.1, -0.05) is 6.92 Å². The zero-order chi connectivity index (χ0) is 12.5. The van der Waals surface area contributed by atoms with E-state index in [9.17, 15) is 4.79 Å². The Balaban J connectivity index is 2.16. The van der Waals surface area contributed by atoms with Gasteiger partial charge in [-0.2, -0.15) is 0 Å². The van der Waals surface area contributed by atoms with E-state index in [-0.39, 0.29) is 0 Å². The number of hydrogen-bond acceptors (Lipinski definition) is 5. The molecule has 1 saturated carbocycles. The summed E-state index contributed by atoms with van der Waals surface area (Å²) in [5.74, 6) is 0.118. The number of esters is 1. The van der Waals surface area contributed by atoms with E-state index in [1.54, 1.807) is 6.07 Å². The molecule has 0 saturated heterocycles. The number of rotatable bonds is 4. The van der Waals surface area contributed by atoms with Crippen molar-refractivity contribution in [2.24, 2.45) is 5.41 Å². The third kappa shape index (κ3) is 2.67. The molecule has 1 aromatic rings. The number of carbonyl (C=O) groups is 1. The topological polar surface area (TPSA) is 77.2 Å². The second kappa shape index (κ2) is 4.24. The molecule has 92 valence electrons. The Morgan fingerprint density at radius 1 is 1.65 bits per heavy atom. The van der Waals surface area contributed by atoms with Crippen LogP contribution in [0.4, 0.5) is 11.5 Å². The quantitative estimate of drug-likeness (QED) is 0.776. The number of nitrogens with one attached hydrogen (secondary N) is 1. The normalized spacial score (nSPS) is 16.4. The van der Waals surface area contributed by atoms with Crippen LogP contribution in [0.25, 0.3) is 0 Å². The van der Waals surface area contributed by atoms with E-state index in [1.807, 2.05) is 0 Å². The molecule has 0 atom stereocenters. The van der Waals surface area contributed by atoms with Crippen LogP contribution in [0.3, 0.4) is 0 Å². The molecule has 0 amide bonds. The predicted octanol–water partition coefficient (Wildman–Crippen LogP) is 1.66. The summed E-state index contributed by atoms with van der Waals surface area (Å²) in [4.78, 5) is 15.7. The Labute approximate surface area is 100 Å². The second-order valence-corrected chi connectivity index (χ2v) is 4.82. The highest BCUT2D eigenvalue weighted by Gasteiger charge is 2.37. The minimum absolute atomic E-state index is 0.344. The molecule has 3 N–H and O–H groups in total. The van der Waals surface area contributed by atoms with E-state index >= 15 is 0 Å². The van der Waals surface area contributed by atoms with Gasteiger partial charge < -0.3 is 15.8 Å². The Morgan fingerprint density at radius 2 is 2.35 bits per heavy atom. The average molecular weight is 235 g/mol. The first-order valence-electron chi connectivity index (χ1n) is 5.62. The lowest BCUT2D eigenvalue weighted by Crippen LogP contribution is -2.16. The summed E-state index contributed by atoms with van der Waals surface area (Å²) >= 11 is 0. The molecule has 0 spiro atoms. The van der Waals surface area contributed by atoms with E-state index in [1.165, 1.54) is 26.1 Å². The number of carbonyl (C=O) groups excluding carboxylic acids is 1. The number of anilines is 2. The second-order valence-electron chi connectivity index (χ2n) is 4.82. The SMILES string of the molecule is COC(=O)c1cc(N)cnc1NCC1(C)CC1.